The lowest BCUT2D eigenvalue weighted by atomic mass is 9.91. The zero-order valence-corrected chi connectivity index (χ0v) is 18.1. The van der Waals surface area contributed by atoms with Gasteiger partial charge in [0.25, 0.3) is 10.1 Å². The zero-order valence-electron chi connectivity index (χ0n) is 16.4. The van der Waals surface area contributed by atoms with Crippen LogP contribution in [0.5, 0.6) is 0 Å². The molecule has 2 saturated heterocycles. The molecule has 0 amide bonds. The Morgan fingerprint density at radius 1 is 0.692 bits per heavy atom. The molecule has 6 rings (SSSR count). The van der Waals surface area contributed by atoms with Gasteiger partial charge in [-0.15, -0.1) is 0 Å². The molecule has 0 radical (unpaired) electrons. The summed E-state index contributed by atoms with van der Waals surface area (Å²) in [5, 5.41) is -0.0440. The highest BCUT2D eigenvalue weighted by atomic mass is 32.2. The zero-order chi connectivity index (χ0) is 19.3. The topological polar surface area (TPSA) is 77.5 Å². The van der Waals surface area contributed by atoms with Crippen LogP contribution in [0.1, 0.15) is 66.2 Å². The average molecular weight is 407 g/mol. The van der Waals surface area contributed by atoms with Crippen LogP contribution in [-0.2, 0) is 24.1 Å². The lowest BCUT2D eigenvalue weighted by Gasteiger charge is -2.14. The molecule has 0 aromatic carbocycles. The second kappa shape index (κ2) is 7.36. The molecule has 26 heavy (non-hydrogen) atoms. The summed E-state index contributed by atoms with van der Waals surface area (Å²) in [6.07, 6.45) is 6.42. The summed E-state index contributed by atoms with van der Waals surface area (Å²) in [6, 6.07) is 0. The average Bonchev–Trinajstić information content (AvgIpc) is 3.38. The molecular formula is C19H34O5S2. The van der Waals surface area contributed by atoms with E-state index in [9.17, 15) is 16.8 Å². The van der Waals surface area contributed by atoms with E-state index in [4.69, 9.17) is 4.18 Å². The van der Waals surface area contributed by atoms with Crippen LogP contribution in [-0.4, -0.2) is 39.2 Å². The third kappa shape index (κ3) is 3.26. The van der Waals surface area contributed by atoms with Crippen LogP contribution in [0.3, 0.4) is 0 Å². The summed E-state index contributed by atoms with van der Waals surface area (Å²) in [7, 11) is -5.76. The largest absolute Gasteiger partial charge is 0.270 e. The second-order valence-electron chi connectivity index (χ2n) is 8.27. The predicted molar refractivity (Wildman–Crippen MR) is 103 cm³/mol. The SMILES string of the molecule is CC.CC.O=S1(=O)CC2CC3CC2C1C3.O=S1(=O)OC2CC3CC2C1C3. The Kier molecular flexibility index (Phi) is 5.83. The maximum Gasteiger partial charge on any atom is 0.270 e. The lowest BCUT2D eigenvalue weighted by Crippen LogP contribution is -2.21. The molecule has 4 aliphatic carbocycles. The normalized spacial score (nSPS) is 48.8. The molecule has 2 heterocycles. The van der Waals surface area contributed by atoms with Crippen molar-refractivity contribution in [1.82, 2.24) is 0 Å². The number of rotatable bonds is 0. The van der Waals surface area contributed by atoms with Crippen LogP contribution < -0.4 is 0 Å². The van der Waals surface area contributed by atoms with Gasteiger partial charge in [0, 0.05) is 5.92 Å². The van der Waals surface area contributed by atoms with Crippen LogP contribution in [0.15, 0.2) is 0 Å². The highest BCUT2D eigenvalue weighted by Gasteiger charge is 2.59. The minimum Gasteiger partial charge on any atom is -0.266 e. The van der Waals surface area contributed by atoms with Crippen LogP contribution in [0, 0.1) is 29.6 Å². The van der Waals surface area contributed by atoms with Crippen LogP contribution in [0.25, 0.3) is 0 Å². The molecule has 8 unspecified atom stereocenters. The van der Waals surface area contributed by atoms with Gasteiger partial charge in [-0.2, -0.15) is 8.42 Å². The Hall–Kier alpha value is -0.140. The molecule has 2 aliphatic heterocycles. The molecular weight excluding hydrogens is 372 g/mol. The van der Waals surface area contributed by atoms with E-state index >= 15 is 0 Å². The highest BCUT2D eigenvalue weighted by molar-refractivity contribution is 7.92. The van der Waals surface area contributed by atoms with E-state index in [1.54, 1.807) is 0 Å². The fourth-order valence-corrected chi connectivity index (χ4v) is 11.0. The first-order valence-electron chi connectivity index (χ1n) is 10.5. The van der Waals surface area contributed by atoms with E-state index in [0.29, 0.717) is 29.4 Å². The van der Waals surface area contributed by atoms with Crippen LogP contribution in [0.2, 0.25) is 0 Å². The lowest BCUT2D eigenvalue weighted by molar-refractivity contribution is 0.196. The predicted octanol–water partition coefficient (Wildman–Crippen LogP) is 3.40. The molecule has 7 heteroatoms. The number of hydrogen-bond acceptors (Lipinski definition) is 5. The minimum atomic E-state index is -3.13. The molecule has 4 saturated carbocycles. The second-order valence-corrected chi connectivity index (χ2v) is 12.3. The summed E-state index contributed by atoms with van der Waals surface area (Å²) >= 11 is 0. The van der Waals surface area contributed by atoms with E-state index in [2.05, 4.69) is 0 Å². The summed E-state index contributed by atoms with van der Waals surface area (Å²) in [4.78, 5) is 0. The van der Waals surface area contributed by atoms with E-state index in [1.165, 1.54) is 12.8 Å². The van der Waals surface area contributed by atoms with Crippen molar-refractivity contribution in [3.63, 3.8) is 0 Å². The first-order valence-corrected chi connectivity index (χ1v) is 13.7. The van der Waals surface area contributed by atoms with Gasteiger partial charge >= 0.3 is 0 Å². The van der Waals surface area contributed by atoms with Gasteiger partial charge < -0.3 is 0 Å². The van der Waals surface area contributed by atoms with Gasteiger partial charge in [-0.25, -0.2) is 8.42 Å². The molecule has 152 valence electrons. The Labute approximate surface area is 159 Å². The van der Waals surface area contributed by atoms with Crippen molar-refractivity contribution in [2.45, 2.75) is 82.8 Å². The molecule has 8 atom stereocenters. The highest BCUT2D eigenvalue weighted by Crippen LogP contribution is 2.56. The van der Waals surface area contributed by atoms with Crippen molar-refractivity contribution in [1.29, 1.82) is 0 Å². The van der Waals surface area contributed by atoms with Gasteiger partial charge in [0.05, 0.1) is 22.4 Å². The Balaban J connectivity index is 0.000000127. The smallest absolute Gasteiger partial charge is 0.266 e. The van der Waals surface area contributed by atoms with Crippen molar-refractivity contribution < 1.29 is 21.0 Å². The maximum atomic E-state index is 11.5. The van der Waals surface area contributed by atoms with Crippen molar-refractivity contribution >= 4 is 20.0 Å². The molecule has 0 aromatic heterocycles. The maximum absolute atomic E-state index is 11.5. The van der Waals surface area contributed by atoms with Crippen molar-refractivity contribution in [3.8, 4) is 0 Å². The van der Waals surface area contributed by atoms with Crippen LogP contribution >= 0.6 is 0 Å². The first-order chi connectivity index (χ1) is 12.3. The third-order valence-electron chi connectivity index (χ3n) is 7.12. The summed E-state index contributed by atoms with van der Waals surface area (Å²) in [5.74, 6) is 3.41. The van der Waals surface area contributed by atoms with E-state index < -0.39 is 20.0 Å². The Morgan fingerprint density at radius 3 is 1.73 bits per heavy atom. The van der Waals surface area contributed by atoms with Gasteiger partial charge in [0.2, 0.25) is 0 Å². The van der Waals surface area contributed by atoms with Crippen molar-refractivity contribution in [2.24, 2.45) is 29.6 Å². The summed E-state index contributed by atoms with van der Waals surface area (Å²) < 4.78 is 50.5. The Morgan fingerprint density at radius 2 is 1.27 bits per heavy atom. The third-order valence-corrected chi connectivity index (χ3v) is 11.3. The van der Waals surface area contributed by atoms with Gasteiger partial charge in [-0.1, -0.05) is 27.7 Å². The fourth-order valence-electron chi connectivity index (χ4n) is 6.36. The molecule has 0 spiro atoms. The van der Waals surface area contributed by atoms with E-state index in [0.717, 1.165) is 31.6 Å². The number of fused-ring (bicyclic) bond motifs is 2. The standard InChI is InChI=1S/C8H12O2S.C7H10O3S.2C2H6/c9-11(10)4-6-1-5-2-7(6)8(11)3-5;8-11(9)7-3-4-1-5(7)6(2-4)10-11;2*1-2/h5-8H,1-4H2;4-7H,1-3H2;2*1-2H3. The molecule has 6 fully saturated rings. The van der Waals surface area contributed by atoms with Crippen molar-refractivity contribution in [2.75, 3.05) is 5.75 Å². The minimum absolute atomic E-state index is 0.0590. The van der Waals surface area contributed by atoms with Gasteiger partial charge in [-0.05, 0) is 62.2 Å². The van der Waals surface area contributed by atoms with Gasteiger partial charge in [0.15, 0.2) is 9.84 Å². The molecule has 0 N–H and O–H groups in total. The quantitative estimate of drug-likeness (QED) is 0.576. The summed E-state index contributed by atoms with van der Waals surface area (Å²) in [5.41, 5.74) is 0. The molecule has 4 bridgehead atoms. The monoisotopic (exact) mass is 406 g/mol. The number of sulfone groups is 1. The van der Waals surface area contributed by atoms with Crippen LogP contribution in [0.4, 0.5) is 0 Å². The molecule has 5 nitrogen and oxygen atoms in total. The van der Waals surface area contributed by atoms with Crippen molar-refractivity contribution in [3.05, 3.63) is 0 Å². The van der Waals surface area contributed by atoms with Gasteiger partial charge in [0.1, 0.15) is 0 Å². The van der Waals surface area contributed by atoms with E-state index in [-0.39, 0.29) is 16.6 Å². The fraction of sp³-hybridized carbons (Fsp3) is 1.00. The van der Waals surface area contributed by atoms with Gasteiger partial charge in [-0.3, -0.25) is 4.18 Å². The molecule has 6 aliphatic rings. The summed E-state index contributed by atoms with van der Waals surface area (Å²) in [6.45, 7) is 8.00. The molecule has 0 aromatic rings. The first kappa shape index (κ1) is 20.6. The Bertz CT molecular complexity index is 648. The van der Waals surface area contributed by atoms with E-state index in [1.807, 2.05) is 27.7 Å². The number of hydrogen-bond donors (Lipinski definition) is 0.